The van der Waals surface area contributed by atoms with E-state index in [1.165, 1.54) is 12.8 Å². The smallest absolute Gasteiger partial charge is 0.263 e. The molecule has 0 atom stereocenters. The minimum Gasteiger partial charge on any atom is -0.506 e. The Bertz CT molecular complexity index is 885. The summed E-state index contributed by atoms with van der Waals surface area (Å²) in [6, 6.07) is 3.29. The standard InChI is InChI=1S/C23H33N5O3/c1-16-12-20(25-15-29)22(21(30)13-16)26-19(4)17(2)14-18(3)23(31)28(24-5)11-10-27-8-6-7-9-27/h12-15,24,30H,2,6-11H2,1,3-5H3,(H,25,29)/b18-14+,26-19?. The van der Waals surface area contributed by atoms with Crippen LogP contribution in [0.25, 0.3) is 0 Å². The summed E-state index contributed by atoms with van der Waals surface area (Å²) in [5, 5.41) is 14.4. The molecule has 8 nitrogen and oxygen atoms in total. The zero-order valence-corrected chi connectivity index (χ0v) is 18.9. The van der Waals surface area contributed by atoms with Gasteiger partial charge >= 0.3 is 0 Å². The fourth-order valence-electron chi connectivity index (χ4n) is 3.49. The van der Waals surface area contributed by atoms with Crippen molar-refractivity contribution in [3.63, 3.8) is 0 Å². The van der Waals surface area contributed by atoms with E-state index < -0.39 is 0 Å². The quantitative estimate of drug-likeness (QED) is 0.175. The zero-order chi connectivity index (χ0) is 23.0. The number of hydrazine groups is 1. The van der Waals surface area contributed by atoms with Crippen molar-refractivity contribution in [1.29, 1.82) is 0 Å². The molecule has 0 radical (unpaired) electrons. The Labute approximate surface area is 184 Å². The molecule has 2 rings (SSSR count). The van der Waals surface area contributed by atoms with Crippen LogP contribution in [-0.2, 0) is 9.59 Å². The van der Waals surface area contributed by atoms with E-state index in [4.69, 9.17) is 0 Å². The zero-order valence-electron chi connectivity index (χ0n) is 18.9. The van der Waals surface area contributed by atoms with Gasteiger partial charge in [0.15, 0.2) is 0 Å². The number of rotatable bonds is 10. The second-order valence-corrected chi connectivity index (χ2v) is 7.72. The van der Waals surface area contributed by atoms with Crippen LogP contribution in [-0.4, -0.2) is 66.3 Å². The van der Waals surface area contributed by atoms with E-state index in [0.29, 0.717) is 35.5 Å². The van der Waals surface area contributed by atoms with Gasteiger partial charge in [-0.15, -0.1) is 0 Å². The first-order valence-electron chi connectivity index (χ1n) is 10.4. The molecule has 0 bridgehead atoms. The van der Waals surface area contributed by atoms with Crippen LogP contribution in [0.1, 0.15) is 32.3 Å². The Hall–Kier alpha value is -2.97. The number of carbonyl (C=O) groups is 2. The first-order chi connectivity index (χ1) is 14.8. The fourth-order valence-corrected chi connectivity index (χ4v) is 3.49. The summed E-state index contributed by atoms with van der Waals surface area (Å²) < 4.78 is 0. The second-order valence-electron chi connectivity index (χ2n) is 7.72. The van der Waals surface area contributed by atoms with Crippen molar-refractivity contribution in [2.24, 2.45) is 4.99 Å². The summed E-state index contributed by atoms with van der Waals surface area (Å²) in [6.45, 7) is 12.9. The van der Waals surface area contributed by atoms with Crippen molar-refractivity contribution in [3.8, 4) is 5.75 Å². The Balaban J connectivity index is 2.14. The van der Waals surface area contributed by atoms with E-state index in [1.807, 2.05) is 6.92 Å². The average Bonchev–Trinajstić information content (AvgIpc) is 3.24. The molecule has 1 aliphatic rings. The number of allylic oxidation sites excluding steroid dienone is 2. The highest BCUT2D eigenvalue weighted by Crippen LogP contribution is 2.36. The summed E-state index contributed by atoms with van der Waals surface area (Å²) in [6.07, 6.45) is 4.64. The van der Waals surface area contributed by atoms with Crippen molar-refractivity contribution < 1.29 is 14.7 Å². The Morgan fingerprint density at radius 2 is 2.00 bits per heavy atom. The number of hydrogen-bond donors (Lipinski definition) is 3. The number of amides is 2. The molecule has 0 aliphatic carbocycles. The van der Waals surface area contributed by atoms with Crippen molar-refractivity contribution >= 4 is 29.4 Å². The Kier molecular flexibility index (Phi) is 8.96. The van der Waals surface area contributed by atoms with E-state index in [0.717, 1.165) is 25.2 Å². The predicted octanol–water partition coefficient (Wildman–Crippen LogP) is 2.92. The van der Waals surface area contributed by atoms with Gasteiger partial charge in [0.2, 0.25) is 6.41 Å². The van der Waals surface area contributed by atoms with Crippen LogP contribution in [0, 0.1) is 6.92 Å². The van der Waals surface area contributed by atoms with Crippen molar-refractivity contribution in [2.75, 3.05) is 38.5 Å². The fraction of sp³-hybridized carbons (Fsp3) is 0.435. The highest BCUT2D eigenvalue weighted by Gasteiger charge is 2.18. The van der Waals surface area contributed by atoms with Gasteiger partial charge in [0.05, 0.1) is 12.2 Å². The minimum atomic E-state index is -0.128. The molecule has 0 unspecified atom stereocenters. The Morgan fingerprint density at radius 3 is 2.61 bits per heavy atom. The molecule has 1 aromatic carbocycles. The monoisotopic (exact) mass is 427 g/mol. The van der Waals surface area contributed by atoms with Crippen LogP contribution >= 0.6 is 0 Å². The lowest BCUT2D eigenvalue weighted by Gasteiger charge is -2.24. The number of carbonyl (C=O) groups excluding carboxylic acids is 2. The molecule has 0 aromatic heterocycles. The van der Waals surface area contributed by atoms with Crippen LogP contribution in [0.4, 0.5) is 11.4 Å². The number of hydrogen-bond acceptors (Lipinski definition) is 6. The number of anilines is 1. The normalized spacial score (nSPS) is 15.1. The van der Waals surface area contributed by atoms with E-state index in [2.05, 4.69) is 27.2 Å². The lowest BCUT2D eigenvalue weighted by Crippen LogP contribution is -2.45. The highest BCUT2D eigenvalue weighted by molar-refractivity contribution is 6.05. The van der Waals surface area contributed by atoms with E-state index in [9.17, 15) is 14.7 Å². The van der Waals surface area contributed by atoms with E-state index in [-0.39, 0.29) is 17.3 Å². The van der Waals surface area contributed by atoms with Crippen LogP contribution in [0.3, 0.4) is 0 Å². The largest absolute Gasteiger partial charge is 0.506 e. The average molecular weight is 428 g/mol. The predicted molar refractivity (Wildman–Crippen MR) is 125 cm³/mol. The molecule has 168 valence electrons. The molecule has 8 heteroatoms. The summed E-state index contributed by atoms with van der Waals surface area (Å²) in [5.41, 5.74) is 5.99. The van der Waals surface area contributed by atoms with Gasteiger partial charge in [0.25, 0.3) is 5.91 Å². The summed E-state index contributed by atoms with van der Waals surface area (Å²) >= 11 is 0. The van der Waals surface area contributed by atoms with Crippen molar-refractivity contribution in [1.82, 2.24) is 15.3 Å². The van der Waals surface area contributed by atoms with Gasteiger partial charge in [-0.05, 0) is 76.0 Å². The SMILES string of the molecule is C=C(/C=C(\C)C(=O)N(CCN1CCCC1)NC)C(C)=Nc1c(O)cc(C)cc1NC=O. The molecular weight excluding hydrogens is 394 g/mol. The van der Waals surface area contributed by atoms with Crippen molar-refractivity contribution in [3.05, 3.63) is 41.5 Å². The van der Waals surface area contributed by atoms with Gasteiger partial charge in [-0.25, -0.2) is 10.4 Å². The Morgan fingerprint density at radius 1 is 1.32 bits per heavy atom. The topological polar surface area (TPSA) is 97.3 Å². The molecule has 1 aliphatic heterocycles. The molecular formula is C23H33N5O3. The number of nitrogens with one attached hydrogen (secondary N) is 2. The molecule has 2 amide bonds. The number of likely N-dealkylation sites (tertiary alicyclic amines) is 1. The van der Waals surface area contributed by atoms with Gasteiger partial charge in [-0.1, -0.05) is 6.58 Å². The number of phenolic OH excluding ortho intramolecular Hbond substituents is 1. The van der Waals surface area contributed by atoms with Crippen LogP contribution in [0.5, 0.6) is 5.75 Å². The number of phenols is 1. The number of aromatic hydroxyl groups is 1. The van der Waals surface area contributed by atoms with Gasteiger partial charge in [0, 0.05) is 24.9 Å². The van der Waals surface area contributed by atoms with Gasteiger partial charge < -0.3 is 15.3 Å². The summed E-state index contributed by atoms with van der Waals surface area (Å²) in [7, 11) is 1.73. The summed E-state index contributed by atoms with van der Waals surface area (Å²) in [5.74, 6) is -0.173. The van der Waals surface area contributed by atoms with Gasteiger partial charge in [-0.3, -0.25) is 14.6 Å². The molecule has 3 N–H and O–H groups in total. The van der Waals surface area contributed by atoms with E-state index >= 15 is 0 Å². The molecule has 0 spiro atoms. The number of aryl methyl sites for hydroxylation is 1. The van der Waals surface area contributed by atoms with Gasteiger partial charge in [-0.2, -0.15) is 0 Å². The number of aliphatic imine (C=N–C) groups is 1. The lowest BCUT2D eigenvalue weighted by atomic mass is 10.1. The van der Waals surface area contributed by atoms with Crippen molar-refractivity contribution in [2.45, 2.75) is 33.6 Å². The molecule has 0 saturated carbocycles. The second kappa shape index (κ2) is 11.4. The third-order valence-electron chi connectivity index (χ3n) is 5.27. The molecule has 1 fully saturated rings. The highest BCUT2D eigenvalue weighted by atomic mass is 16.3. The maximum atomic E-state index is 12.8. The van der Waals surface area contributed by atoms with Gasteiger partial charge in [0.1, 0.15) is 11.4 Å². The van der Waals surface area contributed by atoms with Crippen LogP contribution in [0.2, 0.25) is 0 Å². The lowest BCUT2D eigenvalue weighted by molar-refractivity contribution is -0.130. The summed E-state index contributed by atoms with van der Waals surface area (Å²) in [4.78, 5) is 30.5. The molecule has 1 saturated heterocycles. The van der Waals surface area contributed by atoms with E-state index in [1.54, 1.807) is 44.1 Å². The first-order valence-corrected chi connectivity index (χ1v) is 10.4. The number of benzene rings is 1. The van der Waals surface area contributed by atoms with Crippen LogP contribution < -0.4 is 10.7 Å². The minimum absolute atomic E-state index is 0.0449. The maximum absolute atomic E-state index is 12.8. The third-order valence-corrected chi connectivity index (χ3v) is 5.27. The third kappa shape index (κ3) is 6.77. The number of nitrogens with zero attached hydrogens (tertiary/aromatic N) is 3. The molecule has 1 aromatic rings. The van der Waals surface area contributed by atoms with Crippen LogP contribution in [0.15, 0.2) is 40.9 Å². The maximum Gasteiger partial charge on any atom is 0.263 e. The molecule has 1 heterocycles. The first kappa shape index (κ1) is 24.3. The molecule has 31 heavy (non-hydrogen) atoms.